The number of esters is 1. The van der Waals surface area contributed by atoms with Crippen molar-refractivity contribution in [2.75, 3.05) is 0 Å². The van der Waals surface area contributed by atoms with Gasteiger partial charge in [0.1, 0.15) is 6.10 Å². The van der Waals surface area contributed by atoms with E-state index in [0.717, 1.165) is 31.2 Å². The van der Waals surface area contributed by atoms with Crippen LogP contribution >= 0.6 is 31.9 Å². The molecule has 0 aromatic heterocycles. The minimum Gasteiger partial charge on any atom is -0.459 e. The lowest BCUT2D eigenvalue weighted by atomic mass is 10.1. The number of ether oxygens (including phenoxy) is 1. The van der Waals surface area contributed by atoms with Crippen molar-refractivity contribution in [1.82, 2.24) is 0 Å². The third kappa shape index (κ3) is 8.71. The Hall–Kier alpha value is -0.610. The molecular formula is C19H26Br2O2. The fourth-order valence-corrected chi connectivity index (χ4v) is 3.67. The summed E-state index contributed by atoms with van der Waals surface area (Å²) in [5, 5.41) is 0. The third-order valence-electron chi connectivity index (χ3n) is 3.49. The zero-order valence-electron chi connectivity index (χ0n) is 14.1. The number of halogens is 2. The highest BCUT2D eigenvalue weighted by atomic mass is 79.9. The molecule has 2 nitrogen and oxygen atoms in total. The number of rotatable bonds is 9. The van der Waals surface area contributed by atoms with Gasteiger partial charge in [0.15, 0.2) is 0 Å². The van der Waals surface area contributed by atoms with Crippen LogP contribution < -0.4 is 0 Å². The Bertz CT molecular complexity index is 497. The van der Waals surface area contributed by atoms with E-state index in [0.29, 0.717) is 15.2 Å². The summed E-state index contributed by atoms with van der Waals surface area (Å²) in [6, 6.07) is 9.83. The first kappa shape index (κ1) is 20.4. The monoisotopic (exact) mass is 444 g/mol. The van der Waals surface area contributed by atoms with Crippen LogP contribution in [0.4, 0.5) is 0 Å². The summed E-state index contributed by atoms with van der Waals surface area (Å²) in [6.07, 6.45) is 5.66. The van der Waals surface area contributed by atoms with Gasteiger partial charge < -0.3 is 4.74 Å². The van der Waals surface area contributed by atoms with E-state index in [1.54, 1.807) is 0 Å². The van der Waals surface area contributed by atoms with Gasteiger partial charge in [0, 0.05) is 15.2 Å². The van der Waals surface area contributed by atoms with Gasteiger partial charge in [0.2, 0.25) is 0 Å². The number of carbonyl (C=O) groups excluding carboxylic acids is 1. The molecule has 1 aromatic carbocycles. The van der Waals surface area contributed by atoms with Gasteiger partial charge in [0.05, 0.1) is 0 Å². The first-order chi connectivity index (χ1) is 10.9. The topological polar surface area (TPSA) is 26.3 Å². The maximum atomic E-state index is 12.4. The van der Waals surface area contributed by atoms with Crippen molar-refractivity contribution in [2.45, 2.75) is 62.2 Å². The molecule has 0 aliphatic heterocycles. The summed E-state index contributed by atoms with van der Waals surface area (Å²) in [7, 11) is 0. The van der Waals surface area contributed by atoms with E-state index in [4.69, 9.17) is 4.74 Å². The van der Waals surface area contributed by atoms with Crippen molar-refractivity contribution in [3.8, 4) is 0 Å². The molecule has 1 rings (SSSR count). The maximum absolute atomic E-state index is 12.4. The minimum absolute atomic E-state index is 0.0769. The molecule has 0 amide bonds. The van der Waals surface area contributed by atoms with Crippen LogP contribution in [0, 0.1) is 0 Å². The zero-order chi connectivity index (χ0) is 17.2. The molecule has 128 valence electrons. The fraction of sp³-hybridized carbons (Fsp3) is 0.526. The van der Waals surface area contributed by atoms with Gasteiger partial charge in [-0.05, 0) is 37.8 Å². The molecule has 0 bridgehead atoms. The quantitative estimate of drug-likeness (QED) is 0.259. The van der Waals surface area contributed by atoms with Crippen molar-refractivity contribution < 1.29 is 9.53 Å². The molecule has 1 aromatic rings. The molecule has 4 heteroatoms. The molecule has 0 radical (unpaired) electrons. The summed E-state index contributed by atoms with van der Waals surface area (Å²) in [5.74, 6) is -0.233. The predicted molar refractivity (Wildman–Crippen MR) is 105 cm³/mol. The molecule has 0 N–H and O–H groups in total. The lowest BCUT2D eigenvalue weighted by Crippen LogP contribution is -2.24. The summed E-state index contributed by atoms with van der Waals surface area (Å²) in [6.45, 7) is 6.05. The van der Waals surface area contributed by atoms with E-state index in [2.05, 4.69) is 45.7 Å². The van der Waals surface area contributed by atoms with E-state index in [1.165, 1.54) is 0 Å². The molecule has 0 saturated heterocycles. The Morgan fingerprint density at radius 3 is 2.43 bits per heavy atom. The van der Waals surface area contributed by atoms with Crippen molar-refractivity contribution in [2.24, 2.45) is 0 Å². The lowest BCUT2D eigenvalue weighted by molar-refractivity contribution is -0.144. The normalized spacial score (nSPS) is 15.8. The van der Waals surface area contributed by atoms with Crippen LogP contribution in [-0.4, -0.2) is 21.7 Å². The molecule has 3 atom stereocenters. The van der Waals surface area contributed by atoms with Crippen molar-refractivity contribution in [3.05, 3.63) is 41.5 Å². The zero-order valence-corrected chi connectivity index (χ0v) is 17.3. The molecule has 0 spiro atoms. The van der Waals surface area contributed by atoms with Gasteiger partial charge >= 0.3 is 5.97 Å². The molecule has 3 unspecified atom stereocenters. The summed E-state index contributed by atoms with van der Waals surface area (Å²) in [5.41, 5.74) is 1.64. The highest BCUT2D eigenvalue weighted by Crippen LogP contribution is 2.22. The first-order valence-electron chi connectivity index (χ1n) is 8.14. The average molecular weight is 446 g/mol. The highest BCUT2D eigenvalue weighted by Gasteiger charge is 2.20. The molecule has 0 aliphatic rings. The lowest BCUT2D eigenvalue weighted by Gasteiger charge is -2.22. The van der Waals surface area contributed by atoms with Crippen molar-refractivity contribution in [1.29, 1.82) is 0 Å². The molecule has 23 heavy (non-hydrogen) atoms. The summed E-state index contributed by atoms with van der Waals surface area (Å²) in [4.78, 5) is 13.1. The van der Waals surface area contributed by atoms with Gasteiger partial charge in [0.25, 0.3) is 0 Å². The number of alkyl halides is 2. The number of hydrogen-bond acceptors (Lipinski definition) is 2. The Balaban J connectivity index is 2.69. The molecular weight excluding hydrogens is 420 g/mol. The van der Waals surface area contributed by atoms with Gasteiger partial charge in [-0.3, -0.25) is 0 Å². The van der Waals surface area contributed by atoms with Crippen LogP contribution in [0.5, 0.6) is 0 Å². The van der Waals surface area contributed by atoms with E-state index in [1.807, 2.05) is 43.3 Å². The Morgan fingerprint density at radius 2 is 1.87 bits per heavy atom. The standard InChI is InChI=1S/C19H26Br2O2/c1-4-8-17(21)13-18(12-15(3)20)23-19(22)14(2)11-16-9-6-5-7-10-16/h5-7,9-11,15,17-18H,4,8,12-13H2,1-3H3. The van der Waals surface area contributed by atoms with Crippen molar-refractivity contribution >= 4 is 43.9 Å². The second-order valence-electron chi connectivity index (χ2n) is 5.90. The largest absolute Gasteiger partial charge is 0.459 e. The third-order valence-corrected chi connectivity index (χ3v) is 4.69. The van der Waals surface area contributed by atoms with Crippen LogP contribution in [0.25, 0.3) is 6.08 Å². The smallest absolute Gasteiger partial charge is 0.334 e. The SMILES string of the molecule is CCCC(Br)CC(CC(C)Br)OC(=O)C(C)=Cc1ccccc1. The van der Waals surface area contributed by atoms with Gasteiger partial charge in [-0.2, -0.15) is 0 Å². The van der Waals surface area contributed by atoms with Crippen LogP contribution in [0.1, 0.15) is 52.0 Å². The first-order valence-corrected chi connectivity index (χ1v) is 9.98. The fourth-order valence-electron chi connectivity index (χ4n) is 2.37. The molecule has 0 aliphatic carbocycles. The Labute approximate surface area is 156 Å². The average Bonchev–Trinajstić information content (AvgIpc) is 2.47. The molecule has 0 fully saturated rings. The second kappa shape index (κ2) is 11.0. The minimum atomic E-state index is -0.233. The number of benzene rings is 1. The van der Waals surface area contributed by atoms with Crippen molar-refractivity contribution in [3.63, 3.8) is 0 Å². The Morgan fingerprint density at radius 1 is 1.22 bits per heavy atom. The second-order valence-corrected chi connectivity index (χ2v) is 8.76. The van der Waals surface area contributed by atoms with Crippen LogP contribution in [-0.2, 0) is 9.53 Å². The van der Waals surface area contributed by atoms with E-state index in [9.17, 15) is 4.79 Å². The number of carbonyl (C=O) groups is 1. The Kier molecular flexibility index (Phi) is 9.80. The van der Waals surface area contributed by atoms with Crippen LogP contribution in [0.2, 0.25) is 0 Å². The maximum Gasteiger partial charge on any atom is 0.334 e. The highest BCUT2D eigenvalue weighted by molar-refractivity contribution is 9.09. The van der Waals surface area contributed by atoms with E-state index < -0.39 is 0 Å². The van der Waals surface area contributed by atoms with E-state index in [-0.39, 0.29) is 12.1 Å². The predicted octanol–water partition coefficient (Wildman–Crippen LogP) is 6.13. The van der Waals surface area contributed by atoms with Crippen LogP contribution in [0.3, 0.4) is 0 Å². The number of hydrogen-bond donors (Lipinski definition) is 0. The van der Waals surface area contributed by atoms with Gasteiger partial charge in [-0.25, -0.2) is 4.79 Å². The van der Waals surface area contributed by atoms with Gasteiger partial charge in [-0.1, -0.05) is 82.5 Å². The van der Waals surface area contributed by atoms with Crippen LogP contribution in [0.15, 0.2) is 35.9 Å². The van der Waals surface area contributed by atoms with E-state index >= 15 is 0 Å². The summed E-state index contributed by atoms with van der Waals surface area (Å²) >= 11 is 7.25. The van der Waals surface area contributed by atoms with Gasteiger partial charge in [-0.15, -0.1) is 0 Å². The molecule has 0 heterocycles. The molecule has 0 saturated carbocycles. The summed E-state index contributed by atoms with van der Waals surface area (Å²) < 4.78 is 5.75.